The molecule has 1 aliphatic heterocycles. The van der Waals surface area contributed by atoms with Gasteiger partial charge in [-0.25, -0.2) is 9.97 Å². The largest absolute Gasteiger partial charge is 0.383 e. The van der Waals surface area contributed by atoms with Crippen LogP contribution in [0.1, 0.15) is 25.0 Å². The number of carbonyl (C=O) groups excluding carboxylic acids is 1. The third-order valence-corrected chi connectivity index (χ3v) is 5.39. The summed E-state index contributed by atoms with van der Waals surface area (Å²) in [5, 5.41) is 2.01. The first kappa shape index (κ1) is 20.3. The van der Waals surface area contributed by atoms with Gasteiger partial charge in [0.05, 0.1) is 16.6 Å². The molecule has 0 radical (unpaired) electrons. The summed E-state index contributed by atoms with van der Waals surface area (Å²) in [5.74, 6) is 0.0246. The number of carbonyl (C=O) groups is 1. The molecule has 5 rings (SSSR count). The molecule has 7 heteroatoms. The summed E-state index contributed by atoms with van der Waals surface area (Å²) in [6, 6.07) is 10.3. The van der Waals surface area contributed by atoms with Crippen LogP contribution in [-0.2, 0) is 11.3 Å². The number of anilines is 1. The Bertz CT molecular complexity index is 1320. The molecular weight excluding hydrogens is 388 g/mol. The third-order valence-electron chi connectivity index (χ3n) is 5.39. The summed E-state index contributed by atoms with van der Waals surface area (Å²) < 4.78 is 2.26. The molecule has 4 N–H and O–H groups in total. The fourth-order valence-corrected chi connectivity index (χ4v) is 3.99. The first-order valence-electron chi connectivity index (χ1n) is 10.1. The van der Waals surface area contributed by atoms with Gasteiger partial charge in [0.15, 0.2) is 0 Å². The van der Waals surface area contributed by atoms with E-state index in [0.29, 0.717) is 5.82 Å². The molecule has 0 fully saturated rings. The van der Waals surface area contributed by atoms with E-state index in [9.17, 15) is 4.79 Å². The monoisotopic (exact) mass is 412 g/mol. The van der Waals surface area contributed by atoms with E-state index in [2.05, 4.69) is 50.5 Å². The highest BCUT2D eigenvalue weighted by atomic mass is 16.1. The molecule has 4 aromatic rings. The van der Waals surface area contributed by atoms with E-state index < -0.39 is 5.91 Å². The van der Waals surface area contributed by atoms with Crippen LogP contribution < -0.4 is 11.5 Å². The first-order valence-corrected chi connectivity index (χ1v) is 10.1. The summed E-state index contributed by atoms with van der Waals surface area (Å²) in [6.45, 7) is 8.36. The van der Waals surface area contributed by atoms with Gasteiger partial charge < -0.3 is 16.0 Å². The molecule has 0 unspecified atom stereocenters. The van der Waals surface area contributed by atoms with E-state index in [1.807, 2.05) is 24.4 Å². The van der Waals surface area contributed by atoms with E-state index in [0.717, 1.165) is 76.2 Å². The van der Waals surface area contributed by atoms with Crippen LogP contribution in [0.5, 0.6) is 0 Å². The van der Waals surface area contributed by atoms with Crippen molar-refractivity contribution >= 4 is 39.2 Å². The number of aromatic nitrogens is 4. The van der Waals surface area contributed by atoms with Crippen molar-refractivity contribution in [3.05, 3.63) is 67.8 Å². The van der Waals surface area contributed by atoms with Crippen molar-refractivity contribution in [1.82, 2.24) is 19.5 Å². The van der Waals surface area contributed by atoms with Crippen LogP contribution in [0.25, 0.3) is 38.6 Å². The highest BCUT2D eigenvalue weighted by Crippen LogP contribution is 2.42. The number of primary amides is 1. The lowest BCUT2D eigenvalue weighted by Crippen LogP contribution is -2.04. The predicted octanol–water partition coefficient (Wildman–Crippen LogP) is 4.08. The van der Waals surface area contributed by atoms with Gasteiger partial charge in [0.25, 0.3) is 0 Å². The fraction of sp³-hybridized carbons (Fsp3) is 0.167. The lowest BCUT2D eigenvalue weighted by molar-refractivity contribution is -0.113. The van der Waals surface area contributed by atoms with Crippen molar-refractivity contribution in [1.29, 1.82) is 0 Å². The van der Waals surface area contributed by atoms with Crippen molar-refractivity contribution in [2.75, 3.05) is 5.73 Å². The van der Waals surface area contributed by atoms with Crippen LogP contribution in [0.3, 0.4) is 0 Å². The minimum atomic E-state index is -0.481. The Morgan fingerprint density at radius 3 is 2.71 bits per heavy atom. The molecular formula is C24H24N6O. The van der Waals surface area contributed by atoms with Gasteiger partial charge in [-0.05, 0) is 43.0 Å². The number of nitrogens with zero attached hydrogens (tertiary/aromatic N) is 4. The Hall–Kier alpha value is -4.00. The molecule has 4 heterocycles. The number of benzene rings is 1. The Morgan fingerprint density at radius 1 is 1.16 bits per heavy atom. The second-order valence-corrected chi connectivity index (χ2v) is 7.42. The van der Waals surface area contributed by atoms with E-state index in [4.69, 9.17) is 5.73 Å². The van der Waals surface area contributed by atoms with Crippen molar-refractivity contribution in [3.63, 3.8) is 0 Å². The molecule has 1 aromatic carbocycles. The first-order chi connectivity index (χ1) is 15.0. The molecule has 1 aliphatic rings. The zero-order chi connectivity index (χ0) is 22.0. The van der Waals surface area contributed by atoms with Crippen molar-refractivity contribution in [2.45, 2.75) is 25.8 Å². The minimum absolute atomic E-state index is 0.481. The quantitative estimate of drug-likeness (QED) is 0.482. The van der Waals surface area contributed by atoms with Crippen LogP contribution in [0, 0.1) is 0 Å². The second kappa shape index (κ2) is 8.39. The van der Waals surface area contributed by atoms with E-state index in [-0.39, 0.29) is 0 Å². The number of allylic oxidation sites excluding steroid dienone is 1. The molecule has 156 valence electrons. The van der Waals surface area contributed by atoms with Gasteiger partial charge in [0.1, 0.15) is 17.8 Å². The predicted molar refractivity (Wildman–Crippen MR) is 125 cm³/mol. The number of nitrogen functional groups attached to an aromatic ring is 1. The van der Waals surface area contributed by atoms with Crippen LogP contribution in [0.15, 0.2) is 62.1 Å². The van der Waals surface area contributed by atoms with Crippen LogP contribution in [0.4, 0.5) is 5.82 Å². The number of aryl methyl sites for hydroxylation is 1. The van der Waals surface area contributed by atoms with Gasteiger partial charge in [-0.2, -0.15) is 0 Å². The molecule has 0 saturated carbocycles. The Labute approximate surface area is 180 Å². The molecule has 0 saturated heterocycles. The van der Waals surface area contributed by atoms with Crippen molar-refractivity contribution in [2.24, 2.45) is 5.73 Å². The normalized spacial score (nSPS) is 13.2. The number of fused-ring (bicyclic) bond motifs is 4. The molecule has 3 aromatic heterocycles. The van der Waals surface area contributed by atoms with E-state index in [1.165, 1.54) is 0 Å². The number of hydrogen-bond donors (Lipinski definition) is 2. The number of para-hydroxylation sites is 1. The summed E-state index contributed by atoms with van der Waals surface area (Å²) in [7, 11) is 0. The third kappa shape index (κ3) is 3.77. The molecule has 0 spiro atoms. The molecule has 31 heavy (non-hydrogen) atoms. The van der Waals surface area contributed by atoms with Crippen molar-refractivity contribution < 1.29 is 4.79 Å². The highest BCUT2D eigenvalue weighted by molar-refractivity contribution is 6.06. The van der Waals surface area contributed by atoms with Gasteiger partial charge in [-0.3, -0.25) is 9.78 Å². The van der Waals surface area contributed by atoms with E-state index >= 15 is 0 Å². The van der Waals surface area contributed by atoms with E-state index in [1.54, 1.807) is 6.33 Å². The van der Waals surface area contributed by atoms with Crippen LogP contribution in [-0.4, -0.2) is 25.4 Å². The second-order valence-electron chi connectivity index (χ2n) is 7.42. The molecule has 0 bridgehead atoms. The van der Waals surface area contributed by atoms with Gasteiger partial charge >= 0.3 is 0 Å². The molecule has 1 amide bonds. The average molecular weight is 412 g/mol. The summed E-state index contributed by atoms with van der Waals surface area (Å²) >= 11 is 0. The Morgan fingerprint density at radius 2 is 1.94 bits per heavy atom. The van der Waals surface area contributed by atoms with Crippen LogP contribution in [0.2, 0.25) is 0 Å². The van der Waals surface area contributed by atoms with Gasteiger partial charge in [-0.1, -0.05) is 31.4 Å². The number of pyridine rings is 1. The topological polar surface area (TPSA) is 113 Å². The number of hydrogen-bond acceptors (Lipinski definition) is 5. The van der Waals surface area contributed by atoms with Crippen molar-refractivity contribution in [3.8, 4) is 11.1 Å². The zero-order valence-corrected chi connectivity index (χ0v) is 17.2. The standard InChI is InChI=1S/C21H19N5.C3H5NO/c1-13-6-4-5-9-26-19(13)17(18-20(22)24-12-25-21(18)26)15-10-14-7-2-3-8-16(14)23-11-15;1-2-3(4)5/h2-3,7-8,10-12H,1,4-6,9H2,(H2,22,24,25);2H,1H2,(H2,4,5). The summed E-state index contributed by atoms with van der Waals surface area (Å²) in [4.78, 5) is 22.9. The zero-order valence-electron chi connectivity index (χ0n) is 17.2. The molecule has 7 nitrogen and oxygen atoms in total. The molecule has 0 atom stereocenters. The number of amides is 1. The number of rotatable bonds is 2. The lowest BCUT2D eigenvalue weighted by Gasteiger charge is -2.10. The maximum absolute atomic E-state index is 9.47. The van der Waals surface area contributed by atoms with Gasteiger partial charge in [0.2, 0.25) is 5.91 Å². The number of nitrogens with two attached hydrogens (primary N) is 2. The SMILES string of the molecule is C=C1CCCCn2c1c(-c1cnc3ccccc3c1)c1c(N)ncnc12.C=CC(N)=O. The maximum Gasteiger partial charge on any atom is 0.240 e. The Balaban J connectivity index is 0.000000418. The summed E-state index contributed by atoms with van der Waals surface area (Å²) in [5.41, 5.74) is 17.0. The minimum Gasteiger partial charge on any atom is -0.383 e. The summed E-state index contributed by atoms with van der Waals surface area (Å²) in [6.07, 6.45) is 7.74. The highest BCUT2D eigenvalue weighted by Gasteiger charge is 2.25. The Kier molecular flexibility index (Phi) is 5.49. The van der Waals surface area contributed by atoms with Gasteiger partial charge in [-0.15, -0.1) is 0 Å². The lowest BCUT2D eigenvalue weighted by atomic mass is 9.98. The van der Waals surface area contributed by atoms with Crippen LogP contribution >= 0.6 is 0 Å². The van der Waals surface area contributed by atoms with Gasteiger partial charge in [0, 0.05) is 29.3 Å². The maximum atomic E-state index is 9.47. The smallest absolute Gasteiger partial charge is 0.240 e. The molecule has 0 aliphatic carbocycles. The fourth-order valence-electron chi connectivity index (χ4n) is 3.99. The average Bonchev–Trinajstić information content (AvgIpc) is 3.00.